The number of carbonyl (C=O) groups is 2. The smallest absolute Gasteiger partial charge is 0.225 e. The molecule has 7 heteroatoms. The summed E-state index contributed by atoms with van der Waals surface area (Å²) in [5.41, 5.74) is 0.928. The van der Waals surface area contributed by atoms with Crippen LogP contribution in [0.1, 0.15) is 18.0 Å². The van der Waals surface area contributed by atoms with Crippen LogP contribution in [-0.2, 0) is 9.59 Å². The van der Waals surface area contributed by atoms with Crippen LogP contribution in [0, 0.1) is 5.92 Å². The molecule has 0 radical (unpaired) electrons. The first-order valence-electron chi connectivity index (χ1n) is 8.26. The maximum Gasteiger partial charge on any atom is 0.225 e. The second kappa shape index (κ2) is 8.20. The van der Waals surface area contributed by atoms with Crippen molar-refractivity contribution in [2.75, 3.05) is 48.5 Å². The van der Waals surface area contributed by atoms with Crippen molar-refractivity contribution in [3.05, 3.63) is 23.8 Å². The summed E-state index contributed by atoms with van der Waals surface area (Å²) in [5.74, 6) is 0.870. The number of carbonyl (C=O) groups excluding carboxylic acids is 2. The third kappa shape index (κ3) is 4.63. The minimum Gasteiger partial charge on any atom is -0.493 e. The predicted molar refractivity (Wildman–Crippen MR) is 94.7 cm³/mol. The van der Waals surface area contributed by atoms with Crippen molar-refractivity contribution >= 4 is 11.8 Å². The van der Waals surface area contributed by atoms with E-state index in [1.54, 1.807) is 26.2 Å². The van der Waals surface area contributed by atoms with Gasteiger partial charge in [-0.3, -0.25) is 9.59 Å². The summed E-state index contributed by atoms with van der Waals surface area (Å²) in [6.07, 6.45) is 0.267. The first kappa shape index (κ1) is 19.1. The average Bonchev–Trinajstić information content (AvgIpc) is 2.92. The number of likely N-dealkylation sites (N-methyl/N-ethyl adjacent to an activating group) is 1. The maximum atomic E-state index is 12.6. The number of hydrogen-bond donors (Lipinski definition) is 1. The van der Waals surface area contributed by atoms with Gasteiger partial charge < -0.3 is 24.6 Å². The number of nitrogens with zero attached hydrogens (tertiary/aromatic N) is 2. The zero-order chi connectivity index (χ0) is 18.6. The van der Waals surface area contributed by atoms with Crippen molar-refractivity contribution < 1.29 is 19.1 Å². The van der Waals surface area contributed by atoms with Gasteiger partial charge in [0.05, 0.1) is 26.2 Å². The first-order chi connectivity index (χ1) is 11.8. The van der Waals surface area contributed by atoms with E-state index >= 15 is 0 Å². The predicted octanol–water partition coefficient (Wildman–Crippen LogP) is 0.901. The molecule has 1 saturated heterocycles. The van der Waals surface area contributed by atoms with Gasteiger partial charge in [-0.2, -0.15) is 0 Å². The van der Waals surface area contributed by atoms with Crippen LogP contribution < -0.4 is 14.8 Å². The van der Waals surface area contributed by atoms with E-state index in [1.807, 2.05) is 37.2 Å². The Kier molecular flexibility index (Phi) is 6.25. The molecule has 1 aromatic rings. The van der Waals surface area contributed by atoms with Crippen LogP contribution in [-0.4, -0.2) is 70.1 Å². The third-order valence-corrected chi connectivity index (χ3v) is 4.39. The largest absolute Gasteiger partial charge is 0.493 e. The quantitative estimate of drug-likeness (QED) is 0.792. The Hall–Kier alpha value is -2.28. The molecule has 0 aliphatic carbocycles. The highest BCUT2D eigenvalue weighted by molar-refractivity contribution is 5.89. The van der Waals surface area contributed by atoms with E-state index in [1.165, 1.54) is 0 Å². The van der Waals surface area contributed by atoms with Gasteiger partial charge in [-0.25, -0.2) is 0 Å². The third-order valence-electron chi connectivity index (χ3n) is 4.39. The molecule has 1 heterocycles. The topological polar surface area (TPSA) is 71.1 Å². The molecule has 2 amide bonds. The Morgan fingerprint density at radius 3 is 2.52 bits per heavy atom. The molecular weight excluding hydrogens is 322 g/mol. The van der Waals surface area contributed by atoms with Crippen LogP contribution in [0.15, 0.2) is 18.2 Å². The second-order valence-electron chi connectivity index (χ2n) is 6.61. The molecule has 1 aromatic carbocycles. The van der Waals surface area contributed by atoms with Gasteiger partial charge in [0.1, 0.15) is 0 Å². The number of ether oxygens (including phenoxy) is 2. The van der Waals surface area contributed by atoms with Crippen LogP contribution >= 0.6 is 0 Å². The van der Waals surface area contributed by atoms with E-state index in [0.29, 0.717) is 24.6 Å². The Morgan fingerprint density at radius 1 is 1.32 bits per heavy atom. The van der Waals surface area contributed by atoms with Gasteiger partial charge in [0.15, 0.2) is 11.5 Å². The number of likely N-dealkylation sites (tertiary alicyclic amines) is 1. The number of nitrogens with one attached hydrogen (secondary N) is 1. The molecule has 25 heavy (non-hydrogen) atoms. The van der Waals surface area contributed by atoms with Crippen LogP contribution in [0.3, 0.4) is 0 Å². The lowest BCUT2D eigenvalue weighted by molar-refractivity contribution is -0.128. The molecule has 0 bridgehead atoms. The Labute approximate surface area is 148 Å². The molecule has 0 spiro atoms. The number of rotatable bonds is 7. The fraction of sp³-hybridized carbons (Fsp3) is 0.556. The van der Waals surface area contributed by atoms with E-state index in [-0.39, 0.29) is 30.2 Å². The van der Waals surface area contributed by atoms with Crippen LogP contribution in [0.2, 0.25) is 0 Å². The van der Waals surface area contributed by atoms with Gasteiger partial charge in [0.25, 0.3) is 0 Å². The van der Waals surface area contributed by atoms with Crippen LogP contribution in [0.4, 0.5) is 0 Å². The molecule has 7 nitrogen and oxygen atoms in total. The van der Waals surface area contributed by atoms with E-state index in [4.69, 9.17) is 9.47 Å². The molecule has 138 valence electrons. The highest BCUT2D eigenvalue weighted by atomic mass is 16.5. The van der Waals surface area contributed by atoms with E-state index < -0.39 is 0 Å². The molecular formula is C18H27N3O4. The fourth-order valence-electron chi connectivity index (χ4n) is 3.00. The Morgan fingerprint density at radius 2 is 2.00 bits per heavy atom. The minimum absolute atomic E-state index is 0.00965. The molecule has 0 aromatic heterocycles. The standard InChI is InChI=1S/C18H27N3O4/c1-20(2)11-14(12-6-7-15(24-4)16(8-12)25-5)19-18(23)13-9-17(22)21(3)10-13/h6-8,13-14H,9-11H2,1-5H3,(H,19,23). The summed E-state index contributed by atoms with van der Waals surface area (Å²) in [4.78, 5) is 27.9. The monoisotopic (exact) mass is 349 g/mol. The molecule has 1 N–H and O–H groups in total. The molecule has 1 fully saturated rings. The van der Waals surface area contributed by atoms with Gasteiger partial charge in [0.2, 0.25) is 11.8 Å². The summed E-state index contributed by atoms with van der Waals surface area (Å²) in [6.45, 7) is 1.10. The van der Waals surface area contributed by atoms with Gasteiger partial charge in [-0.05, 0) is 31.8 Å². The summed E-state index contributed by atoms with van der Waals surface area (Å²) in [7, 11) is 8.80. The molecule has 1 aliphatic rings. The molecule has 2 atom stereocenters. The lowest BCUT2D eigenvalue weighted by Crippen LogP contribution is -2.39. The number of methoxy groups -OCH3 is 2. The Bertz CT molecular complexity index is 633. The number of hydrogen-bond acceptors (Lipinski definition) is 5. The van der Waals surface area contributed by atoms with Crippen LogP contribution in [0.25, 0.3) is 0 Å². The molecule has 0 saturated carbocycles. The Balaban J connectivity index is 2.18. The lowest BCUT2D eigenvalue weighted by Gasteiger charge is -2.25. The molecule has 1 aliphatic heterocycles. The molecule has 2 rings (SSSR count). The fourth-order valence-corrected chi connectivity index (χ4v) is 3.00. The lowest BCUT2D eigenvalue weighted by atomic mass is 10.0. The second-order valence-corrected chi connectivity index (χ2v) is 6.61. The zero-order valence-corrected chi connectivity index (χ0v) is 15.5. The summed E-state index contributed by atoms with van der Waals surface area (Å²) < 4.78 is 10.6. The van der Waals surface area contributed by atoms with Crippen molar-refractivity contribution in [3.63, 3.8) is 0 Å². The van der Waals surface area contributed by atoms with Crippen molar-refractivity contribution in [2.45, 2.75) is 12.5 Å². The van der Waals surface area contributed by atoms with E-state index in [0.717, 1.165) is 5.56 Å². The van der Waals surface area contributed by atoms with Crippen LogP contribution in [0.5, 0.6) is 11.5 Å². The zero-order valence-electron chi connectivity index (χ0n) is 15.5. The first-order valence-corrected chi connectivity index (χ1v) is 8.26. The van der Waals surface area contributed by atoms with E-state index in [9.17, 15) is 9.59 Å². The van der Waals surface area contributed by atoms with Gasteiger partial charge in [-0.1, -0.05) is 6.07 Å². The van der Waals surface area contributed by atoms with Crippen molar-refractivity contribution in [1.29, 1.82) is 0 Å². The maximum absolute atomic E-state index is 12.6. The van der Waals surface area contributed by atoms with E-state index in [2.05, 4.69) is 5.32 Å². The van der Waals surface area contributed by atoms with Crippen molar-refractivity contribution in [1.82, 2.24) is 15.1 Å². The van der Waals surface area contributed by atoms with Gasteiger partial charge >= 0.3 is 0 Å². The number of amides is 2. The van der Waals surface area contributed by atoms with Crippen molar-refractivity contribution in [2.24, 2.45) is 5.92 Å². The SMILES string of the molecule is COc1ccc(C(CN(C)C)NC(=O)C2CC(=O)N(C)C2)cc1OC. The highest BCUT2D eigenvalue weighted by Gasteiger charge is 2.33. The normalized spacial score (nSPS) is 18.4. The van der Waals surface area contributed by atoms with Crippen molar-refractivity contribution in [3.8, 4) is 11.5 Å². The highest BCUT2D eigenvalue weighted by Crippen LogP contribution is 2.30. The molecule has 2 unspecified atom stereocenters. The minimum atomic E-state index is -0.303. The average molecular weight is 349 g/mol. The number of benzene rings is 1. The summed E-state index contributed by atoms with van der Waals surface area (Å²) >= 11 is 0. The van der Waals surface area contributed by atoms with Gasteiger partial charge in [0, 0.05) is 26.6 Å². The van der Waals surface area contributed by atoms with Gasteiger partial charge in [-0.15, -0.1) is 0 Å². The summed E-state index contributed by atoms with van der Waals surface area (Å²) in [5, 5.41) is 3.08. The summed E-state index contributed by atoms with van der Waals surface area (Å²) in [6, 6.07) is 5.42.